The third-order valence-electron chi connectivity index (χ3n) is 5.44. The van der Waals surface area contributed by atoms with Gasteiger partial charge in [-0.05, 0) is 62.2 Å². The zero-order valence-electron chi connectivity index (χ0n) is 18.2. The first-order chi connectivity index (χ1) is 14.3. The maximum absolute atomic E-state index is 12.9. The Balaban J connectivity index is 1.68. The van der Waals surface area contributed by atoms with E-state index >= 15 is 0 Å². The number of hydrogen-bond acceptors (Lipinski definition) is 4. The van der Waals surface area contributed by atoms with Crippen LogP contribution < -0.4 is 10.1 Å². The van der Waals surface area contributed by atoms with E-state index in [2.05, 4.69) is 12.2 Å². The van der Waals surface area contributed by atoms with Crippen LogP contribution in [0.25, 0.3) is 0 Å². The molecule has 1 aliphatic heterocycles. The summed E-state index contributed by atoms with van der Waals surface area (Å²) in [6.45, 7) is 6.21. The van der Waals surface area contributed by atoms with Crippen molar-refractivity contribution in [3.05, 3.63) is 59.2 Å². The first-order valence-electron chi connectivity index (χ1n) is 10.5. The fourth-order valence-corrected chi connectivity index (χ4v) is 3.77. The summed E-state index contributed by atoms with van der Waals surface area (Å²) in [5.41, 5.74) is 3.82. The van der Waals surface area contributed by atoms with E-state index in [0.717, 1.165) is 41.9 Å². The largest absolute Gasteiger partial charge is 0.497 e. The van der Waals surface area contributed by atoms with E-state index in [1.54, 1.807) is 31.4 Å². The smallest absolute Gasteiger partial charge is 0.224 e. The molecule has 3 rings (SSSR count). The van der Waals surface area contributed by atoms with Crippen molar-refractivity contribution in [1.29, 1.82) is 0 Å². The molecule has 0 fully saturated rings. The van der Waals surface area contributed by atoms with Crippen LogP contribution in [-0.4, -0.2) is 24.5 Å². The molecule has 2 aromatic rings. The number of aliphatic imine (C=N–C) groups is 1. The number of Topliss-reactive ketones (excluding diaryl/α,β-unsaturated/α-hetero) is 1. The second-order valence-corrected chi connectivity index (χ2v) is 8.21. The quantitative estimate of drug-likeness (QED) is 0.440. The molecule has 0 radical (unpaired) electrons. The van der Waals surface area contributed by atoms with Crippen molar-refractivity contribution in [2.75, 3.05) is 12.4 Å². The SMILES string of the molecule is CCCCCC(=O)Nc1ccc(C(=O)CC2=NC(C)(C)c3ccc(OC)cc32)cc1. The normalized spacial score (nSPS) is 14.1. The van der Waals surface area contributed by atoms with Gasteiger partial charge in [0.2, 0.25) is 5.91 Å². The van der Waals surface area contributed by atoms with Gasteiger partial charge in [-0.1, -0.05) is 25.8 Å². The lowest BCUT2D eigenvalue weighted by Gasteiger charge is -2.16. The molecule has 0 bridgehead atoms. The number of rotatable bonds is 9. The van der Waals surface area contributed by atoms with Gasteiger partial charge in [-0.2, -0.15) is 0 Å². The second-order valence-electron chi connectivity index (χ2n) is 8.21. The van der Waals surface area contributed by atoms with Gasteiger partial charge in [0, 0.05) is 23.2 Å². The number of unbranched alkanes of at least 4 members (excludes halogenated alkanes) is 2. The van der Waals surface area contributed by atoms with E-state index in [0.29, 0.717) is 17.7 Å². The van der Waals surface area contributed by atoms with Gasteiger partial charge in [-0.15, -0.1) is 0 Å². The Kier molecular flexibility index (Phi) is 6.70. The zero-order valence-corrected chi connectivity index (χ0v) is 18.2. The molecule has 158 valence electrons. The number of nitrogens with one attached hydrogen (secondary N) is 1. The van der Waals surface area contributed by atoms with Crippen LogP contribution in [0, 0.1) is 0 Å². The summed E-state index contributed by atoms with van der Waals surface area (Å²) in [5, 5.41) is 2.89. The average Bonchev–Trinajstić information content (AvgIpc) is 2.98. The van der Waals surface area contributed by atoms with Gasteiger partial charge in [0.1, 0.15) is 5.75 Å². The van der Waals surface area contributed by atoms with Crippen molar-refractivity contribution in [3.63, 3.8) is 0 Å². The van der Waals surface area contributed by atoms with Gasteiger partial charge in [0.25, 0.3) is 0 Å². The van der Waals surface area contributed by atoms with Crippen LogP contribution in [0.15, 0.2) is 47.5 Å². The summed E-state index contributed by atoms with van der Waals surface area (Å²) in [6.07, 6.45) is 3.78. The summed E-state index contributed by atoms with van der Waals surface area (Å²) in [5.74, 6) is 0.766. The van der Waals surface area contributed by atoms with Crippen LogP contribution in [0.4, 0.5) is 5.69 Å². The summed E-state index contributed by atoms with van der Waals surface area (Å²) in [4.78, 5) is 29.7. The average molecular weight is 407 g/mol. The van der Waals surface area contributed by atoms with Crippen molar-refractivity contribution in [1.82, 2.24) is 0 Å². The van der Waals surface area contributed by atoms with E-state index < -0.39 is 0 Å². The van der Waals surface area contributed by atoms with Crippen LogP contribution in [0.1, 0.15) is 74.4 Å². The Labute approximate surface area is 178 Å². The molecule has 1 N–H and O–H groups in total. The minimum atomic E-state index is -0.358. The summed E-state index contributed by atoms with van der Waals surface area (Å²) in [7, 11) is 1.63. The maximum atomic E-state index is 12.9. The first kappa shape index (κ1) is 21.8. The standard InChI is InChI=1S/C25H30N2O3/c1-5-6-7-8-24(29)26-18-11-9-17(10-12-18)23(28)16-22-20-15-19(30-4)13-14-21(20)25(2,3)27-22/h9-15H,5-8,16H2,1-4H3,(H,26,29). The van der Waals surface area contributed by atoms with E-state index in [1.807, 2.05) is 32.0 Å². The number of carbonyl (C=O) groups excluding carboxylic acids is 2. The second kappa shape index (κ2) is 9.24. The molecule has 5 heteroatoms. The molecule has 1 heterocycles. The fourth-order valence-electron chi connectivity index (χ4n) is 3.77. The Hall–Kier alpha value is -2.95. The molecule has 0 saturated carbocycles. The molecule has 5 nitrogen and oxygen atoms in total. The number of ether oxygens (including phenoxy) is 1. The van der Waals surface area contributed by atoms with Crippen LogP contribution in [0.3, 0.4) is 0 Å². The molecule has 0 atom stereocenters. The highest BCUT2D eigenvalue weighted by atomic mass is 16.5. The number of anilines is 1. The lowest BCUT2D eigenvalue weighted by Crippen LogP contribution is -2.12. The first-order valence-corrected chi connectivity index (χ1v) is 10.5. The summed E-state index contributed by atoms with van der Waals surface area (Å²) >= 11 is 0. The van der Waals surface area contributed by atoms with Crippen LogP contribution in [0.5, 0.6) is 5.75 Å². The van der Waals surface area contributed by atoms with Crippen molar-refractivity contribution in [3.8, 4) is 5.75 Å². The third kappa shape index (κ3) is 4.96. The predicted octanol–water partition coefficient (Wildman–Crippen LogP) is 5.52. The number of carbonyl (C=O) groups is 2. The minimum absolute atomic E-state index is 0.000965. The van der Waals surface area contributed by atoms with E-state index in [-0.39, 0.29) is 23.7 Å². The molecule has 0 unspecified atom stereocenters. The van der Waals surface area contributed by atoms with Crippen LogP contribution >= 0.6 is 0 Å². The minimum Gasteiger partial charge on any atom is -0.497 e. The van der Waals surface area contributed by atoms with Gasteiger partial charge in [-0.25, -0.2) is 0 Å². The number of methoxy groups -OCH3 is 1. The molecule has 30 heavy (non-hydrogen) atoms. The lowest BCUT2D eigenvalue weighted by molar-refractivity contribution is -0.116. The third-order valence-corrected chi connectivity index (χ3v) is 5.44. The van der Waals surface area contributed by atoms with Crippen LogP contribution in [-0.2, 0) is 10.3 Å². The molecule has 0 saturated heterocycles. The highest BCUT2D eigenvalue weighted by Gasteiger charge is 2.32. The van der Waals surface area contributed by atoms with Gasteiger partial charge in [0.05, 0.1) is 24.8 Å². The lowest BCUT2D eigenvalue weighted by atomic mass is 9.91. The summed E-state index contributed by atoms with van der Waals surface area (Å²) in [6, 6.07) is 13.0. The van der Waals surface area contributed by atoms with E-state index in [1.165, 1.54) is 0 Å². The van der Waals surface area contributed by atoms with Crippen molar-refractivity contribution in [2.45, 2.75) is 58.4 Å². The highest BCUT2D eigenvalue weighted by Crippen LogP contribution is 2.37. The summed E-state index contributed by atoms with van der Waals surface area (Å²) < 4.78 is 5.35. The highest BCUT2D eigenvalue weighted by molar-refractivity contribution is 6.17. The van der Waals surface area contributed by atoms with Gasteiger partial charge < -0.3 is 10.1 Å². The van der Waals surface area contributed by atoms with Crippen molar-refractivity contribution < 1.29 is 14.3 Å². The molecule has 0 spiro atoms. The number of hydrogen-bond donors (Lipinski definition) is 1. The van der Waals surface area contributed by atoms with Crippen molar-refractivity contribution in [2.24, 2.45) is 4.99 Å². The van der Waals surface area contributed by atoms with Gasteiger partial charge in [-0.3, -0.25) is 14.6 Å². The molecule has 0 aliphatic carbocycles. The van der Waals surface area contributed by atoms with Gasteiger partial charge >= 0.3 is 0 Å². The predicted molar refractivity (Wildman–Crippen MR) is 121 cm³/mol. The molecule has 1 aliphatic rings. The topological polar surface area (TPSA) is 67.8 Å². The Bertz CT molecular complexity index is 959. The zero-order chi connectivity index (χ0) is 21.7. The number of fused-ring (bicyclic) bond motifs is 1. The Morgan fingerprint density at radius 3 is 2.47 bits per heavy atom. The van der Waals surface area contributed by atoms with E-state index in [9.17, 15) is 9.59 Å². The monoisotopic (exact) mass is 406 g/mol. The molecule has 0 aromatic heterocycles. The molecular formula is C25H30N2O3. The molecule has 1 amide bonds. The Morgan fingerprint density at radius 2 is 1.80 bits per heavy atom. The number of amides is 1. The maximum Gasteiger partial charge on any atom is 0.224 e. The molecular weight excluding hydrogens is 376 g/mol. The molecule has 2 aromatic carbocycles. The fraction of sp³-hybridized carbons (Fsp3) is 0.400. The number of benzene rings is 2. The van der Waals surface area contributed by atoms with E-state index in [4.69, 9.17) is 9.73 Å². The Morgan fingerprint density at radius 1 is 1.07 bits per heavy atom. The number of ketones is 1. The van der Waals surface area contributed by atoms with Crippen LogP contribution in [0.2, 0.25) is 0 Å². The number of nitrogens with zero attached hydrogens (tertiary/aromatic N) is 1. The van der Waals surface area contributed by atoms with Gasteiger partial charge in [0.15, 0.2) is 5.78 Å². The van der Waals surface area contributed by atoms with Crippen molar-refractivity contribution >= 4 is 23.1 Å².